The minimum absolute atomic E-state index is 0.0418. The van der Waals surface area contributed by atoms with Gasteiger partial charge < -0.3 is 10.1 Å². The molecule has 0 aliphatic carbocycles. The van der Waals surface area contributed by atoms with Crippen LogP contribution in [0, 0.1) is 18.6 Å². The minimum Gasteiger partial charge on any atom is -0.475 e. The number of hydrogen-bond acceptors (Lipinski definition) is 7. The van der Waals surface area contributed by atoms with Gasteiger partial charge in [0.1, 0.15) is 6.73 Å². The Balaban J connectivity index is 1.71. The summed E-state index contributed by atoms with van der Waals surface area (Å²) in [7, 11) is 0.712. The lowest BCUT2D eigenvalue weighted by Gasteiger charge is -2.12. The number of halogens is 2. The number of aromatic nitrogens is 3. The van der Waals surface area contributed by atoms with Crippen molar-refractivity contribution < 1.29 is 17.7 Å². The van der Waals surface area contributed by atoms with Crippen molar-refractivity contribution in [3.05, 3.63) is 66.1 Å². The Morgan fingerprint density at radius 2 is 1.97 bits per heavy atom. The molecule has 0 bridgehead atoms. The number of aryl methyl sites for hydroxylation is 1. The summed E-state index contributed by atoms with van der Waals surface area (Å²) in [4.78, 5) is 9.38. The number of nitrogens with zero attached hydrogens (tertiary/aromatic N) is 4. The summed E-state index contributed by atoms with van der Waals surface area (Å²) in [5, 5.41) is 5.91. The summed E-state index contributed by atoms with van der Waals surface area (Å²) < 4.78 is 52.7. The molecule has 34 heavy (non-hydrogen) atoms. The van der Waals surface area contributed by atoms with Gasteiger partial charge in [0.25, 0.3) is 0 Å². The van der Waals surface area contributed by atoms with Crippen molar-refractivity contribution in [3.8, 4) is 17.0 Å². The molecule has 0 saturated carbocycles. The lowest BCUT2D eigenvalue weighted by atomic mass is 10.1. The predicted molar refractivity (Wildman–Crippen MR) is 128 cm³/mol. The van der Waals surface area contributed by atoms with Crippen molar-refractivity contribution in [1.82, 2.24) is 19.7 Å². The highest BCUT2D eigenvalue weighted by Gasteiger charge is 2.19. The first kappa shape index (κ1) is 23.6. The number of fused-ring (bicyclic) bond motifs is 1. The minimum atomic E-state index is -2.46. The maximum absolute atomic E-state index is 14.9. The topological polar surface area (TPSA) is 92.9 Å². The van der Waals surface area contributed by atoms with Crippen molar-refractivity contribution in [2.75, 3.05) is 32.4 Å². The molecule has 2 aromatic heterocycles. The fourth-order valence-electron chi connectivity index (χ4n) is 3.58. The van der Waals surface area contributed by atoms with E-state index in [1.54, 1.807) is 36.0 Å². The lowest BCUT2D eigenvalue weighted by molar-refractivity contribution is 0.277. The zero-order valence-electron chi connectivity index (χ0n) is 19.1. The van der Waals surface area contributed by atoms with Gasteiger partial charge in [-0.2, -0.15) is 4.39 Å². The van der Waals surface area contributed by atoms with Gasteiger partial charge in [-0.15, -0.1) is 0 Å². The smallest absolute Gasteiger partial charge is 0.201 e. The number of ether oxygens (including phenoxy) is 1. The Hall–Kier alpha value is -3.57. The maximum atomic E-state index is 14.9. The zero-order chi connectivity index (χ0) is 24.5. The van der Waals surface area contributed by atoms with E-state index in [9.17, 15) is 13.0 Å². The number of rotatable bonds is 7. The molecule has 11 heteroatoms. The van der Waals surface area contributed by atoms with Crippen LogP contribution >= 0.6 is 0 Å². The molecule has 0 saturated heterocycles. The monoisotopic (exact) mass is 486 g/mol. The van der Waals surface area contributed by atoms with Gasteiger partial charge in [0, 0.05) is 36.9 Å². The maximum Gasteiger partial charge on any atom is 0.201 e. The van der Waals surface area contributed by atoms with Gasteiger partial charge in [-0.05, 0) is 49.9 Å². The highest BCUT2D eigenvalue weighted by atomic mass is 32.2. The van der Waals surface area contributed by atoms with Crippen molar-refractivity contribution in [3.63, 3.8) is 0 Å². The largest absolute Gasteiger partial charge is 0.475 e. The second kappa shape index (κ2) is 9.35. The number of anilines is 2. The lowest BCUT2D eigenvalue weighted by Crippen LogP contribution is -2.15. The summed E-state index contributed by atoms with van der Waals surface area (Å²) in [6.45, 7) is 1.91. The Bertz CT molecular complexity index is 1490. The van der Waals surface area contributed by atoms with E-state index in [-0.39, 0.29) is 18.0 Å². The first-order valence-electron chi connectivity index (χ1n) is 10.3. The van der Waals surface area contributed by atoms with Crippen LogP contribution in [-0.4, -0.2) is 45.7 Å². The molecule has 1 unspecified atom stereocenters. The molecule has 178 valence electrons. The summed E-state index contributed by atoms with van der Waals surface area (Å²) in [5.74, 6) is -1.86. The van der Waals surface area contributed by atoms with E-state index in [1.165, 1.54) is 31.6 Å². The van der Waals surface area contributed by atoms with Crippen LogP contribution in [0.5, 0.6) is 5.75 Å². The van der Waals surface area contributed by atoms with E-state index in [0.717, 1.165) is 5.56 Å². The average Bonchev–Trinajstić information content (AvgIpc) is 3.25. The van der Waals surface area contributed by atoms with Crippen LogP contribution in [0.1, 0.15) is 5.56 Å². The molecule has 2 heterocycles. The Labute approximate surface area is 196 Å². The Morgan fingerprint density at radius 1 is 1.18 bits per heavy atom. The van der Waals surface area contributed by atoms with Crippen LogP contribution in [0.25, 0.3) is 16.9 Å². The standard InChI is InChI=1S/C23H24F2N6O2S/c1-14-11-15(5-8-19(14)34(4,32)27-3)30-22-23-29-12-17(31(23)10-9-28-22)16-6-7-18(33-13-26-2)21(25)20(16)24/h5-12,26H,13H2,1-4H3,(H,28,30). The van der Waals surface area contributed by atoms with E-state index >= 15 is 0 Å². The van der Waals surface area contributed by atoms with E-state index in [2.05, 4.69) is 25.0 Å². The SMILES string of the molecule is CN=S(C)(=O)c1ccc(Nc2nccn3c(-c4ccc(OCNC)c(F)c4F)cnc23)cc1C. The highest BCUT2D eigenvalue weighted by Crippen LogP contribution is 2.32. The van der Waals surface area contributed by atoms with Crippen LogP contribution in [0.3, 0.4) is 0 Å². The molecule has 0 fully saturated rings. The van der Waals surface area contributed by atoms with Gasteiger partial charge in [-0.3, -0.25) is 9.72 Å². The molecule has 0 radical (unpaired) electrons. The molecule has 1 atom stereocenters. The molecule has 2 N–H and O–H groups in total. The summed E-state index contributed by atoms with van der Waals surface area (Å²) >= 11 is 0. The molecular weight excluding hydrogens is 462 g/mol. The third kappa shape index (κ3) is 4.31. The molecule has 4 aromatic rings. The van der Waals surface area contributed by atoms with Gasteiger partial charge in [-0.1, -0.05) is 0 Å². The van der Waals surface area contributed by atoms with E-state index in [0.29, 0.717) is 27.7 Å². The molecule has 0 spiro atoms. The third-order valence-corrected chi connectivity index (χ3v) is 7.29. The van der Waals surface area contributed by atoms with Gasteiger partial charge in [0.15, 0.2) is 23.0 Å². The molecule has 2 aromatic carbocycles. The first-order valence-corrected chi connectivity index (χ1v) is 12.2. The van der Waals surface area contributed by atoms with E-state index in [1.807, 2.05) is 13.0 Å². The predicted octanol–water partition coefficient (Wildman–Crippen LogP) is 4.37. The van der Waals surface area contributed by atoms with Crippen LogP contribution in [0.15, 0.2) is 58.2 Å². The number of hydrogen-bond donors (Lipinski definition) is 2. The second-order valence-electron chi connectivity index (χ2n) is 7.58. The van der Waals surface area contributed by atoms with Gasteiger partial charge >= 0.3 is 0 Å². The quantitative estimate of drug-likeness (QED) is 0.377. The number of benzene rings is 2. The fourth-order valence-corrected chi connectivity index (χ4v) is 4.76. The molecule has 0 amide bonds. The van der Waals surface area contributed by atoms with Crippen molar-refractivity contribution in [1.29, 1.82) is 0 Å². The summed E-state index contributed by atoms with van der Waals surface area (Å²) in [6, 6.07) is 8.22. The third-order valence-electron chi connectivity index (χ3n) is 5.32. The molecule has 0 aliphatic rings. The van der Waals surface area contributed by atoms with Crippen LogP contribution in [-0.2, 0) is 9.73 Å². The van der Waals surface area contributed by atoms with Crippen LogP contribution in [0.2, 0.25) is 0 Å². The average molecular weight is 487 g/mol. The van der Waals surface area contributed by atoms with Crippen molar-refractivity contribution in [2.45, 2.75) is 11.8 Å². The molecule has 8 nitrogen and oxygen atoms in total. The van der Waals surface area contributed by atoms with E-state index < -0.39 is 21.4 Å². The van der Waals surface area contributed by atoms with Crippen LogP contribution in [0.4, 0.5) is 20.3 Å². The van der Waals surface area contributed by atoms with Gasteiger partial charge in [0.05, 0.1) is 26.5 Å². The number of nitrogens with one attached hydrogen (secondary N) is 2. The Kier molecular flexibility index (Phi) is 6.49. The zero-order valence-corrected chi connectivity index (χ0v) is 19.9. The molecule has 0 aliphatic heterocycles. The number of imidazole rings is 1. The van der Waals surface area contributed by atoms with Crippen LogP contribution < -0.4 is 15.4 Å². The highest BCUT2D eigenvalue weighted by molar-refractivity contribution is 7.93. The fraction of sp³-hybridized carbons (Fsp3) is 0.217. The van der Waals surface area contributed by atoms with Gasteiger partial charge in [0.2, 0.25) is 5.82 Å². The van der Waals surface area contributed by atoms with E-state index in [4.69, 9.17) is 4.74 Å². The van der Waals surface area contributed by atoms with Crippen molar-refractivity contribution in [2.24, 2.45) is 4.36 Å². The molecular formula is C23H24F2N6O2S. The summed E-state index contributed by atoms with van der Waals surface area (Å²) in [5.41, 5.74) is 2.36. The second-order valence-corrected chi connectivity index (χ2v) is 9.99. The summed E-state index contributed by atoms with van der Waals surface area (Å²) in [6.07, 6.45) is 6.21. The normalized spacial score (nSPS) is 13.0. The Morgan fingerprint density at radius 3 is 2.68 bits per heavy atom. The first-order chi connectivity index (χ1) is 16.3. The van der Waals surface area contributed by atoms with Gasteiger partial charge in [-0.25, -0.2) is 22.9 Å². The molecule has 4 rings (SSSR count). The van der Waals surface area contributed by atoms with Crippen molar-refractivity contribution >= 4 is 26.9 Å².